The zero-order chi connectivity index (χ0) is 15.9. The van der Waals surface area contributed by atoms with Crippen LogP contribution in [0.25, 0.3) is 0 Å². The quantitative estimate of drug-likeness (QED) is 0.831. The molecule has 0 radical (unpaired) electrons. The second-order valence-electron chi connectivity index (χ2n) is 4.92. The van der Waals surface area contributed by atoms with Gasteiger partial charge in [-0.2, -0.15) is 0 Å². The fraction of sp³-hybridized carbons (Fsp3) is 0.176. The maximum Gasteiger partial charge on any atom is 0.310 e. The Kier molecular flexibility index (Phi) is 5.14. The Labute approximate surface area is 128 Å². The number of rotatable bonds is 5. The number of phenols is 1. The minimum absolute atomic E-state index is 0.0536. The van der Waals surface area contributed by atoms with E-state index in [1.54, 1.807) is 18.2 Å². The second-order valence-corrected chi connectivity index (χ2v) is 4.92. The molecule has 1 amide bonds. The Morgan fingerprint density at radius 1 is 1.14 bits per heavy atom. The first-order valence-corrected chi connectivity index (χ1v) is 6.83. The first-order valence-electron chi connectivity index (χ1n) is 6.83. The highest BCUT2D eigenvalue weighted by molar-refractivity contribution is 5.92. The summed E-state index contributed by atoms with van der Waals surface area (Å²) in [6, 6.07) is 13.6. The van der Waals surface area contributed by atoms with Gasteiger partial charge in [0.1, 0.15) is 5.75 Å². The van der Waals surface area contributed by atoms with Crippen molar-refractivity contribution in [3.8, 4) is 5.75 Å². The number of anilines is 1. The molecule has 2 rings (SSSR count). The van der Waals surface area contributed by atoms with Crippen molar-refractivity contribution in [2.24, 2.45) is 0 Å². The Hall–Kier alpha value is -2.82. The maximum absolute atomic E-state index is 11.7. The van der Waals surface area contributed by atoms with Crippen LogP contribution in [-0.2, 0) is 20.7 Å². The molecule has 0 aliphatic heterocycles. The van der Waals surface area contributed by atoms with E-state index in [1.807, 2.05) is 25.1 Å². The third-order valence-electron chi connectivity index (χ3n) is 2.95. The molecule has 0 unspecified atom stereocenters. The predicted molar refractivity (Wildman–Crippen MR) is 82.6 cm³/mol. The van der Waals surface area contributed by atoms with E-state index >= 15 is 0 Å². The van der Waals surface area contributed by atoms with E-state index in [4.69, 9.17) is 9.84 Å². The Morgan fingerprint density at radius 2 is 1.86 bits per heavy atom. The number of amides is 1. The van der Waals surface area contributed by atoms with E-state index in [0.29, 0.717) is 11.3 Å². The summed E-state index contributed by atoms with van der Waals surface area (Å²) in [5.41, 5.74) is 2.41. The topological polar surface area (TPSA) is 75.6 Å². The molecule has 22 heavy (non-hydrogen) atoms. The summed E-state index contributed by atoms with van der Waals surface area (Å²) in [6.45, 7) is 1.60. The third kappa shape index (κ3) is 4.94. The van der Waals surface area contributed by atoms with Crippen molar-refractivity contribution < 1.29 is 19.4 Å². The normalized spacial score (nSPS) is 10.0. The lowest BCUT2D eigenvalue weighted by atomic mass is 10.1. The molecular formula is C17H17NO4. The van der Waals surface area contributed by atoms with Crippen LogP contribution >= 0.6 is 0 Å². The number of carbonyl (C=O) groups excluding carboxylic acids is 2. The SMILES string of the molecule is Cc1cccc(NC(=O)COC(=O)Cc2ccc(O)cc2)c1. The van der Waals surface area contributed by atoms with Crippen molar-refractivity contribution in [1.82, 2.24) is 0 Å². The summed E-state index contributed by atoms with van der Waals surface area (Å²) < 4.78 is 4.93. The zero-order valence-electron chi connectivity index (χ0n) is 12.2. The van der Waals surface area contributed by atoms with Crippen LogP contribution < -0.4 is 5.32 Å². The van der Waals surface area contributed by atoms with E-state index in [-0.39, 0.29) is 24.7 Å². The van der Waals surface area contributed by atoms with Gasteiger partial charge in [-0.1, -0.05) is 24.3 Å². The molecule has 5 heteroatoms. The van der Waals surface area contributed by atoms with Crippen LogP contribution in [0.4, 0.5) is 5.69 Å². The Morgan fingerprint density at radius 3 is 2.55 bits per heavy atom. The number of aryl methyl sites for hydroxylation is 1. The van der Waals surface area contributed by atoms with Crippen LogP contribution in [0.3, 0.4) is 0 Å². The monoisotopic (exact) mass is 299 g/mol. The molecule has 0 fully saturated rings. The third-order valence-corrected chi connectivity index (χ3v) is 2.95. The fourth-order valence-electron chi connectivity index (χ4n) is 1.90. The lowest BCUT2D eigenvalue weighted by Gasteiger charge is -2.07. The minimum Gasteiger partial charge on any atom is -0.508 e. The van der Waals surface area contributed by atoms with Crippen molar-refractivity contribution in [2.45, 2.75) is 13.3 Å². The van der Waals surface area contributed by atoms with Gasteiger partial charge >= 0.3 is 5.97 Å². The number of phenolic OH excluding ortho intramolecular Hbond substituents is 1. The van der Waals surface area contributed by atoms with E-state index in [9.17, 15) is 9.59 Å². The number of ether oxygens (including phenoxy) is 1. The Bertz CT molecular complexity index is 665. The summed E-state index contributed by atoms with van der Waals surface area (Å²) >= 11 is 0. The number of benzene rings is 2. The largest absolute Gasteiger partial charge is 0.508 e. The van der Waals surface area contributed by atoms with E-state index < -0.39 is 5.97 Å². The molecule has 0 spiro atoms. The average Bonchev–Trinajstić information content (AvgIpc) is 2.48. The van der Waals surface area contributed by atoms with Crippen molar-refractivity contribution >= 4 is 17.6 Å². The van der Waals surface area contributed by atoms with Crippen LogP contribution in [0.5, 0.6) is 5.75 Å². The smallest absolute Gasteiger partial charge is 0.310 e. The van der Waals surface area contributed by atoms with Crippen molar-refractivity contribution in [3.63, 3.8) is 0 Å². The van der Waals surface area contributed by atoms with Gasteiger partial charge in [-0.05, 0) is 42.3 Å². The van der Waals surface area contributed by atoms with Crippen LogP contribution in [0, 0.1) is 6.92 Å². The molecule has 0 bridgehead atoms. The van der Waals surface area contributed by atoms with Gasteiger partial charge in [-0.15, -0.1) is 0 Å². The standard InChI is InChI=1S/C17H17NO4/c1-12-3-2-4-14(9-12)18-16(20)11-22-17(21)10-13-5-7-15(19)8-6-13/h2-9,19H,10-11H2,1H3,(H,18,20). The lowest BCUT2D eigenvalue weighted by Crippen LogP contribution is -2.21. The van der Waals surface area contributed by atoms with Gasteiger partial charge in [-0.3, -0.25) is 9.59 Å². The van der Waals surface area contributed by atoms with Crippen molar-refractivity contribution in [3.05, 3.63) is 59.7 Å². The number of hydrogen-bond donors (Lipinski definition) is 2. The molecule has 2 aromatic carbocycles. The summed E-state index contributed by atoms with van der Waals surface area (Å²) in [4.78, 5) is 23.3. The molecule has 0 aromatic heterocycles. The number of aromatic hydroxyl groups is 1. The fourth-order valence-corrected chi connectivity index (χ4v) is 1.90. The number of carbonyl (C=O) groups is 2. The summed E-state index contributed by atoms with van der Waals surface area (Å²) in [7, 11) is 0. The Balaban J connectivity index is 1.78. The van der Waals surface area contributed by atoms with Crippen molar-refractivity contribution in [1.29, 1.82) is 0 Å². The summed E-state index contributed by atoms with van der Waals surface area (Å²) in [6.07, 6.45) is 0.0536. The van der Waals surface area contributed by atoms with Gasteiger partial charge < -0.3 is 15.2 Å². The highest BCUT2D eigenvalue weighted by Gasteiger charge is 2.09. The first kappa shape index (κ1) is 15.6. The van der Waals surface area contributed by atoms with Gasteiger partial charge in [0, 0.05) is 5.69 Å². The van der Waals surface area contributed by atoms with Crippen LogP contribution in [0.1, 0.15) is 11.1 Å². The highest BCUT2D eigenvalue weighted by atomic mass is 16.5. The number of nitrogens with one attached hydrogen (secondary N) is 1. The summed E-state index contributed by atoms with van der Waals surface area (Å²) in [5, 5.41) is 11.8. The minimum atomic E-state index is -0.495. The van der Waals surface area contributed by atoms with E-state index in [2.05, 4.69) is 5.32 Å². The van der Waals surface area contributed by atoms with Gasteiger partial charge in [-0.25, -0.2) is 0 Å². The molecule has 5 nitrogen and oxygen atoms in total. The van der Waals surface area contributed by atoms with Crippen molar-refractivity contribution in [2.75, 3.05) is 11.9 Å². The van der Waals surface area contributed by atoms with E-state index in [0.717, 1.165) is 5.56 Å². The van der Waals surface area contributed by atoms with Crippen LogP contribution in [0.2, 0.25) is 0 Å². The summed E-state index contributed by atoms with van der Waals surface area (Å²) in [5.74, 6) is -0.746. The maximum atomic E-state index is 11.7. The van der Waals surface area contributed by atoms with Gasteiger partial charge in [0.05, 0.1) is 6.42 Å². The van der Waals surface area contributed by atoms with Gasteiger partial charge in [0.2, 0.25) is 0 Å². The molecule has 2 N–H and O–H groups in total. The second kappa shape index (κ2) is 7.26. The molecule has 2 aromatic rings. The predicted octanol–water partition coefficient (Wildman–Crippen LogP) is 2.43. The molecule has 114 valence electrons. The van der Waals surface area contributed by atoms with Crippen LogP contribution in [0.15, 0.2) is 48.5 Å². The average molecular weight is 299 g/mol. The van der Waals surface area contributed by atoms with Crippen LogP contribution in [-0.4, -0.2) is 23.6 Å². The molecule has 0 saturated heterocycles. The molecule has 0 aliphatic carbocycles. The molecule has 0 aliphatic rings. The molecule has 0 saturated carbocycles. The van der Waals surface area contributed by atoms with Gasteiger partial charge in [0.15, 0.2) is 6.61 Å². The molecule has 0 atom stereocenters. The first-order chi connectivity index (χ1) is 10.5. The van der Waals surface area contributed by atoms with Gasteiger partial charge in [0.25, 0.3) is 5.91 Å². The highest BCUT2D eigenvalue weighted by Crippen LogP contribution is 2.11. The van der Waals surface area contributed by atoms with E-state index in [1.165, 1.54) is 12.1 Å². The number of hydrogen-bond acceptors (Lipinski definition) is 4. The zero-order valence-corrected chi connectivity index (χ0v) is 12.2. The lowest BCUT2D eigenvalue weighted by molar-refractivity contribution is -0.146. The molecular weight excluding hydrogens is 282 g/mol. The number of esters is 1. The molecule has 0 heterocycles.